The van der Waals surface area contributed by atoms with Crippen LogP contribution in [0.2, 0.25) is 0 Å². The lowest BCUT2D eigenvalue weighted by atomic mass is 10.2. The van der Waals surface area contributed by atoms with Crippen LogP contribution in [-0.2, 0) is 0 Å². The molecular weight excluding hydrogens is 60.1 g/mol. The molecule has 1 atom stereocenters. The third kappa shape index (κ3) is 4.00. The van der Waals surface area contributed by atoms with E-state index in [0.29, 0.717) is 5.92 Å². The lowest BCUT2D eigenvalue weighted by Crippen LogP contribution is -1.77. The van der Waals surface area contributed by atoms with Crippen LogP contribution in [0, 0.1) is 5.92 Å². The van der Waals surface area contributed by atoms with Crippen LogP contribution in [0.15, 0.2) is 0 Å². The van der Waals surface area contributed by atoms with Gasteiger partial charge in [-0.05, 0) is 5.92 Å². The van der Waals surface area contributed by atoms with Gasteiger partial charge in [0.15, 0.2) is 0 Å². The molecule has 0 N–H and O–H groups in total. The molecule has 0 heterocycles. The van der Waals surface area contributed by atoms with E-state index in [1.54, 1.807) is 0 Å². The minimum atomic E-state index is 0.102. The second-order valence-corrected chi connectivity index (χ2v) is 1.58. The molecule has 0 nitrogen and oxygen atoms in total. The maximum Gasteiger partial charge on any atom is 0.0266 e. The van der Waals surface area contributed by atoms with E-state index < -0.39 is 0 Å². The molecule has 0 spiro atoms. The molecule has 0 unspecified atom stereocenters. The molecule has 0 aromatic carbocycles. The van der Waals surface area contributed by atoms with Crippen molar-refractivity contribution in [3.05, 3.63) is 0 Å². The zero-order chi connectivity index (χ0) is 5.15. The summed E-state index contributed by atoms with van der Waals surface area (Å²) in [7, 11) is 0. The van der Waals surface area contributed by atoms with Gasteiger partial charge >= 0.3 is 0 Å². The van der Waals surface area contributed by atoms with Gasteiger partial charge in [-0.25, -0.2) is 0 Å². The molecule has 0 aromatic heterocycles. The van der Waals surface area contributed by atoms with Gasteiger partial charge in [0.1, 0.15) is 0 Å². The Balaban J connectivity index is 2.99. The van der Waals surface area contributed by atoms with Crippen LogP contribution in [-0.4, -0.2) is 0 Å². The highest BCUT2D eigenvalue weighted by atomic mass is 13.9. The van der Waals surface area contributed by atoms with Crippen molar-refractivity contribution in [1.29, 1.82) is 0 Å². The van der Waals surface area contributed by atoms with Gasteiger partial charge in [0, 0.05) is 1.37 Å². The first-order valence-corrected chi connectivity index (χ1v) is 2.07. The molecule has 0 aliphatic heterocycles. The van der Waals surface area contributed by atoms with Crippen molar-refractivity contribution < 1.29 is 1.37 Å². The SMILES string of the molecule is [2H][C@H](C)C(C)C. The first kappa shape index (κ1) is 3.20. The molecule has 0 saturated heterocycles. The zero-order valence-electron chi connectivity index (χ0n) is 5.15. The van der Waals surface area contributed by atoms with Crippen molar-refractivity contribution in [2.24, 2.45) is 5.92 Å². The maximum absolute atomic E-state index is 7.03. The number of hydrogen-bond donors (Lipinski definition) is 0. The van der Waals surface area contributed by atoms with Crippen LogP contribution < -0.4 is 0 Å². The highest BCUT2D eigenvalue weighted by Crippen LogP contribution is 1.93. The maximum atomic E-state index is 7.03. The largest absolute Gasteiger partial charge is 0.0651 e. The number of rotatable bonds is 1. The molecule has 0 aliphatic rings. The topological polar surface area (TPSA) is 0 Å². The van der Waals surface area contributed by atoms with Crippen LogP contribution >= 0.6 is 0 Å². The molecule has 0 aromatic rings. The average Bonchev–Trinajstić information content (AvgIpc) is 1.36. The van der Waals surface area contributed by atoms with Crippen molar-refractivity contribution in [3.63, 3.8) is 0 Å². The van der Waals surface area contributed by atoms with Gasteiger partial charge in [0.2, 0.25) is 0 Å². The summed E-state index contributed by atoms with van der Waals surface area (Å²) in [6, 6.07) is 0. The van der Waals surface area contributed by atoms with E-state index in [-0.39, 0.29) is 6.40 Å². The molecule has 0 radical (unpaired) electrons. The van der Waals surface area contributed by atoms with Crippen molar-refractivity contribution in [2.45, 2.75) is 27.2 Å². The third-order valence-corrected chi connectivity index (χ3v) is 0.667. The summed E-state index contributed by atoms with van der Waals surface area (Å²) >= 11 is 0. The first-order chi connectivity index (χ1) is 2.64. The molecular formula is C5H12. The standard InChI is InChI=1S/C5H12/c1-4-5(2)3/h5H,4H2,1-3H3/i4D/t4-/m1/s1. The fourth-order valence-corrected chi connectivity index (χ4v) is 0. The fraction of sp³-hybridized carbons (Fsp3) is 1.00. The molecule has 0 amide bonds. The van der Waals surface area contributed by atoms with Gasteiger partial charge < -0.3 is 0 Å². The van der Waals surface area contributed by atoms with E-state index in [1.165, 1.54) is 0 Å². The predicted molar refractivity (Wildman–Crippen MR) is 25.1 cm³/mol. The van der Waals surface area contributed by atoms with E-state index in [1.807, 2.05) is 6.92 Å². The highest BCUT2D eigenvalue weighted by Gasteiger charge is 1.80. The second-order valence-electron chi connectivity index (χ2n) is 1.58. The molecule has 0 rings (SSSR count). The quantitative estimate of drug-likeness (QED) is 0.445. The Hall–Kier alpha value is 0. The number of hydrogen-bond acceptors (Lipinski definition) is 0. The highest BCUT2D eigenvalue weighted by molar-refractivity contribution is 4.32. The van der Waals surface area contributed by atoms with Crippen LogP contribution in [0.25, 0.3) is 0 Å². The summed E-state index contributed by atoms with van der Waals surface area (Å²) in [5.41, 5.74) is 0. The van der Waals surface area contributed by atoms with Crippen molar-refractivity contribution in [2.75, 3.05) is 0 Å². The molecule has 0 fully saturated rings. The zero-order valence-corrected chi connectivity index (χ0v) is 4.15. The Morgan fingerprint density at radius 1 is 1.80 bits per heavy atom. The van der Waals surface area contributed by atoms with E-state index in [4.69, 9.17) is 1.37 Å². The first-order valence-electron chi connectivity index (χ1n) is 2.64. The van der Waals surface area contributed by atoms with Crippen LogP contribution in [0.5, 0.6) is 0 Å². The smallest absolute Gasteiger partial charge is 0.0266 e. The van der Waals surface area contributed by atoms with Crippen LogP contribution in [0.1, 0.15) is 28.5 Å². The second kappa shape index (κ2) is 2.25. The Morgan fingerprint density at radius 2 is 2.00 bits per heavy atom. The fourth-order valence-electron chi connectivity index (χ4n) is 0. The summed E-state index contributed by atoms with van der Waals surface area (Å²) in [6.07, 6.45) is 0.102. The van der Waals surface area contributed by atoms with Crippen molar-refractivity contribution >= 4 is 0 Å². The predicted octanol–water partition coefficient (Wildman–Crippen LogP) is 2.05. The Bertz CT molecular complexity index is 24.9. The molecule has 5 heavy (non-hydrogen) atoms. The van der Waals surface area contributed by atoms with Gasteiger partial charge in [0.25, 0.3) is 0 Å². The molecule has 0 saturated carbocycles. The Kier molecular flexibility index (Phi) is 1.44. The summed E-state index contributed by atoms with van der Waals surface area (Å²) in [6.45, 7) is 6.01. The summed E-state index contributed by atoms with van der Waals surface area (Å²) in [5, 5.41) is 0. The summed E-state index contributed by atoms with van der Waals surface area (Å²) in [5.74, 6) is 0.519. The van der Waals surface area contributed by atoms with Gasteiger partial charge in [0.05, 0.1) is 0 Å². The normalized spacial score (nSPS) is 18.8. The van der Waals surface area contributed by atoms with Crippen LogP contribution in [0.4, 0.5) is 0 Å². The van der Waals surface area contributed by atoms with Gasteiger partial charge in [-0.2, -0.15) is 0 Å². The monoisotopic (exact) mass is 73.1 g/mol. The summed E-state index contributed by atoms with van der Waals surface area (Å²) in [4.78, 5) is 0. The van der Waals surface area contributed by atoms with E-state index in [0.717, 1.165) is 0 Å². The van der Waals surface area contributed by atoms with E-state index >= 15 is 0 Å². The minimum Gasteiger partial charge on any atom is -0.0651 e. The third-order valence-electron chi connectivity index (χ3n) is 0.667. The van der Waals surface area contributed by atoms with Crippen molar-refractivity contribution in [1.82, 2.24) is 0 Å². The summed E-state index contributed by atoms with van der Waals surface area (Å²) < 4.78 is 7.03. The van der Waals surface area contributed by atoms with Gasteiger partial charge in [-0.3, -0.25) is 0 Å². The van der Waals surface area contributed by atoms with Crippen molar-refractivity contribution in [3.8, 4) is 0 Å². The molecule has 0 heteroatoms. The molecule has 0 bridgehead atoms. The van der Waals surface area contributed by atoms with E-state index in [2.05, 4.69) is 13.8 Å². The van der Waals surface area contributed by atoms with Gasteiger partial charge in [-0.1, -0.05) is 27.2 Å². The lowest BCUT2D eigenvalue weighted by molar-refractivity contribution is 0.626. The van der Waals surface area contributed by atoms with Crippen LogP contribution in [0.3, 0.4) is 0 Å². The average molecular weight is 73.2 g/mol. The lowest BCUT2D eigenvalue weighted by Gasteiger charge is -1.90. The Morgan fingerprint density at radius 3 is 2.00 bits per heavy atom. The molecule has 0 aliphatic carbocycles. The Labute approximate surface area is 35.6 Å². The molecule has 32 valence electrons. The van der Waals surface area contributed by atoms with E-state index in [9.17, 15) is 0 Å². The van der Waals surface area contributed by atoms with Gasteiger partial charge in [-0.15, -0.1) is 0 Å². The minimum absolute atomic E-state index is 0.102.